The number of fused-ring (bicyclic) bond motifs is 7. The van der Waals surface area contributed by atoms with Crippen molar-refractivity contribution in [3.63, 3.8) is 0 Å². The molecule has 0 bridgehead atoms. The van der Waals surface area contributed by atoms with Crippen molar-refractivity contribution in [2.45, 2.75) is 0 Å². The van der Waals surface area contributed by atoms with E-state index in [9.17, 15) is 0 Å². The Morgan fingerprint density at radius 1 is 0.650 bits per heavy atom. The van der Waals surface area contributed by atoms with Crippen LogP contribution in [0.5, 0.6) is 0 Å². The zero-order chi connectivity index (χ0) is 13.1. The topological polar surface area (TPSA) is 28.9 Å². The Hall–Kier alpha value is -2.74. The van der Waals surface area contributed by atoms with Crippen molar-refractivity contribution < 1.29 is 4.42 Å². The van der Waals surface area contributed by atoms with Crippen LogP contribution in [0.3, 0.4) is 0 Å². The number of hydrogen-bond donors (Lipinski definition) is 1. The number of rotatable bonds is 0. The molecule has 0 aliphatic rings. The van der Waals surface area contributed by atoms with E-state index >= 15 is 0 Å². The molecule has 20 heavy (non-hydrogen) atoms. The van der Waals surface area contributed by atoms with Gasteiger partial charge in [0.15, 0.2) is 5.58 Å². The van der Waals surface area contributed by atoms with Gasteiger partial charge in [-0.25, -0.2) is 0 Å². The maximum absolute atomic E-state index is 6.02. The summed E-state index contributed by atoms with van der Waals surface area (Å²) < 4.78 is 6.02. The van der Waals surface area contributed by atoms with Crippen molar-refractivity contribution in [1.82, 2.24) is 4.98 Å². The Balaban J connectivity index is 2.08. The van der Waals surface area contributed by atoms with Crippen LogP contribution < -0.4 is 0 Å². The lowest BCUT2D eigenvalue weighted by Crippen LogP contribution is -1.75. The molecule has 0 radical (unpaired) electrons. The first kappa shape index (κ1) is 10.1. The van der Waals surface area contributed by atoms with Crippen molar-refractivity contribution in [3.8, 4) is 0 Å². The molecule has 0 aliphatic heterocycles. The van der Waals surface area contributed by atoms with Gasteiger partial charge in [0.25, 0.3) is 0 Å². The zero-order valence-electron chi connectivity index (χ0n) is 10.7. The Kier molecular flexibility index (Phi) is 1.73. The van der Waals surface area contributed by atoms with Crippen molar-refractivity contribution in [2.24, 2.45) is 0 Å². The fraction of sp³-hybridized carbons (Fsp3) is 0. The van der Waals surface area contributed by atoms with Crippen LogP contribution in [-0.4, -0.2) is 4.98 Å². The van der Waals surface area contributed by atoms with Gasteiger partial charge < -0.3 is 9.40 Å². The van der Waals surface area contributed by atoms with Crippen molar-refractivity contribution in [3.05, 3.63) is 60.7 Å². The molecule has 5 aromatic rings. The molecule has 0 amide bonds. The molecule has 0 unspecified atom stereocenters. The van der Waals surface area contributed by atoms with Crippen molar-refractivity contribution in [2.75, 3.05) is 0 Å². The highest BCUT2D eigenvalue weighted by molar-refractivity contribution is 6.20. The third-order valence-electron chi connectivity index (χ3n) is 4.02. The molecular weight excluding hydrogens is 246 g/mol. The summed E-state index contributed by atoms with van der Waals surface area (Å²) in [5.74, 6) is 0. The van der Waals surface area contributed by atoms with Gasteiger partial charge in [-0.1, -0.05) is 42.5 Å². The highest BCUT2D eigenvalue weighted by Crippen LogP contribution is 2.36. The van der Waals surface area contributed by atoms with Crippen LogP contribution in [0.25, 0.3) is 43.7 Å². The molecular formula is C18H11NO. The Labute approximate surface area is 114 Å². The van der Waals surface area contributed by atoms with E-state index in [1.807, 2.05) is 18.2 Å². The molecule has 2 aromatic heterocycles. The van der Waals surface area contributed by atoms with E-state index in [1.54, 1.807) is 0 Å². The molecule has 0 fully saturated rings. The Morgan fingerprint density at radius 3 is 2.40 bits per heavy atom. The van der Waals surface area contributed by atoms with E-state index in [4.69, 9.17) is 4.42 Å². The third kappa shape index (κ3) is 1.14. The lowest BCUT2D eigenvalue weighted by molar-refractivity contribution is 0.673. The van der Waals surface area contributed by atoms with E-state index in [1.165, 1.54) is 10.8 Å². The van der Waals surface area contributed by atoms with Gasteiger partial charge in [0, 0.05) is 16.2 Å². The molecule has 0 spiro atoms. The molecule has 2 heterocycles. The number of benzene rings is 3. The van der Waals surface area contributed by atoms with Crippen LogP contribution in [0.15, 0.2) is 65.1 Å². The standard InChI is InChI=1S/C18H11NO/c1-2-6-12-11(5-1)9-10-14-16(12)19-17-13-7-3-4-8-15(13)20-18(14)17/h1-10,19H. The number of aromatic amines is 1. The summed E-state index contributed by atoms with van der Waals surface area (Å²) in [6, 6.07) is 20.9. The number of furan rings is 1. The minimum absolute atomic E-state index is 0.934. The van der Waals surface area contributed by atoms with Crippen LogP contribution >= 0.6 is 0 Å². The summed E-state index contributed by atoms with van der Waals surface area (Å²) in [4.78, 5) is 3.55. The summed E-state index contributed by atoms with van der Waals surface area (Å²) in [5.41, 5.74) is 4.13. The largest absolute Gasteiger partial charge is 0.454 e. The zero-order valence-corrected chi connectivity index (χ0v) is 10.7. The molecule has 2 nitrogen and oxygen atoms in total. The van der Waals surface area contributed by atoms with E-state index < -0.39 is 0 Å². The van der Waals surface area contributed by atoms with Crippen molar-refractivity contribution in [1.29, 1.82) is 0 Å². The van der Waals surface area contributed by atoms with Gasteiger partial charge in [0.1, 0.15) is 5.58 Å². The lowest BCUT2D eigenvalue weighted by atomic mass is 10.1. The second kappa shape index (κ2) is 3.42. The number of H-pyrrole nitrogens is 1. The average molecular weight is 257 g/mol. The Bertz CT molecular complexity index is 1090. The van der Waals surface area contributed by atoms with E-state index in [2.05, 4.69) is 47.4 Å². The number of nitrogens with one attached hydrogen (secondary N) is 1. The SMILES string of the molecule is c1ccc2c(c1)ccc1c2[nH]c2c3ccccc3oc12. The normalized spacial score (nSPS) is 12.0. The summed E-state index contributed by atoms with van der Waals surface area (Å²) in [6.07, 6.45) is 0. The summed E-state index contributed by atoms with van der Waals surface area (Å²) in [5, 5.41) is 4.77. The summed E-state index contributed by atoms with van der Waals surface area (Å²) in [6.45, 7) is 0. The first-order chi connectivity index (χ1) is 9.92. The average Bonchev–Trinajstić information content (AvgIpc) is 3.03. The first-order valence-corrected chi connectivity index (χ1v) is 6.72. The van der Waals surface area contributed by atoms with Gasteiger partial charge >= 0.3 is 0 Å². The van der Waals surface area contributed by atoms with E-state index in [-0.39, 0.29) is 0 Å². The van der Waals surface area contributed by atoms with Crippen LogP contribution in [0.1, 0.15) is 0 Å². The summed E-state index contributed by atoms with van der Waals surface area (Å²) in [7, 11) is 0. The fourth-order valence-corrected chi connectivity index (χ4v) is 3.08. The molecule has 0 aliphatic carbocycles. The lowest BCUT2D eigenvalue weighted by Gasteiger charge is -1.98. The Morgan fingerprint density at radius 2 is 1.45 bits per heavy atom. The van der Waals surface area contributed by atoms with Gasteiger partial charge in [-0.15, -0.1) is 0 Å². The predicted octanol–water partition coefficient (Wildman–Crippen LogP) is 5.22. The van der Waals surface area contributed by atoms with Gasteiger partial charge in [-0.3, -0.25) is 0 Å². The number of hydrogen-bond acceptors (Lipinski definition) is 1. The highest BCUT2D eigenvalue weighted by Gasteiger charge is 2.13. The smallest absolute Gasteiger partial charge is 0.160 e. The van der Waals surface area contributed by atoms with Crippen LogP contribution in [0, 0.1) is 0 Å². The molecule has 2 heteroatoms. The quantitative estimate of drug-likeness (QED) is 0.405. The first-order valence-electron chi connectivity index (χ1n) is 6.72. The molecule has 0 saturated carbocycles. The maximum atomic E-state index is 6.02. The van der Waals surface area contributed by atoms with E-state index in [0.717, 1.165) is 33.0 Å². The number of aromatic nitrogens is 1. The monoisotopic (exact) mass is 257 g/mol. The third-order valence-corrected chi connectivity index (χ3v) is 4.02. The fourth-order valence-electron chi connectivity index (χ4n) is 3.08. The maximum Gasteiger partial charge on any atom is 0.160 e. The molecule has 1 N–H and O–H groups in total. The van der Waals surface area contributed by atoms with Crippen LogP contribution in [-0.2, 0) is 0 Å². The minimum Gasteiger partial charge on any atom is -0.454 e. The molecule has 94 valence electrons. The predicted molar refractivity (Wildman–Crippen MR) is 83.1 cm³/mol. The highest BCUT2D eigenvalue weighted by atomic mass is 16.3. The van der Waals surface area contributed by atoms with Gasteiger partial charge in [0.05, 0.1) is 11.0 Å². The molecule has 0 saturated heterocycles. The van der Waals surface area contributed by atoms with Gasteiger partial charge in [0.2, 0.25) is 0 Å². The molecule has 5 rings (SSSR count). The van der Waals surface area contributed by atoms with Gasteiger partial charge in [-0.2, -0.15) is 0 Å². The van der Waals surface area contributed by atoms with Crippen LogP contribution in [0.2, 0.25) is 0 Å². The molecule has 3 aromatic carbocycles. The van der Waals surface area contributed by atoms with Gasteiger partial charge in [-0.05, 0) is 23.6 Å². The molecule has 0 atom stereocenters. The van der Waals surface area contributed by atoms with E-state index in [0.29, 0.717) is 0 Å². The second-order valence-corrected chi connectivity index (χ2v) is 5.14. The minimum atomic E-state index is 0.934. The number of para-hydroxylation sites is 1. The van der Waals surface area contributed by atoms with Crippen LogP contribution in [0.4, 0.5) is 0 Å². The summed E-state index contributed by atoms with van der Waals surface area (Å²) >= 11 is 0. The second-order valence-electron chi connectivity index (χ2n) is 5.14. The van der Waals surface area contributed by atoms with Crippen molar-refractivity contribution >= 4 is 43.7 Å².